The van der Waals surface area contributed by atoms with Crippen LogP contribution in [0.3, 0.4) is 0 Å². The molecule has 1 aliphatic heterocycles. The lowest BCUT2D eigenvalue weighted by molar-refractivity contribution is -0.152. The molecule has 0 aromatic heterocycles. The molecule has 2 atom stereocenters. The largest absolute Gasteiger partial charge is 0.480 e. The molecule has 104 valence electrons. The molecule has 1 aromatic rings. The van der Waals surface area contributed by atoms with Crippen LogP contribution in [0.2, 0.25) is 0 Å². The first kappa shape index (κ1) is 14.1. The molecule has 1 N–H and O–H groups in total. The van der Waals surface area contributed by atoms with Crippen molar-refractivity contribution in [3.05, 3.63) is 35.9 Å². The van der Waals surface area contributed by atoms with Crippen LogP contribution in [0.5, 0.6) is 0 Å². The summed E-state index contributed by atoms with van der Waals surface area (Å²) in [6.45, 7) is 3.07. The molecule has 0 saturated carbocycles. The standard InChI is InChI=1S/C16H23NO2/c1-2-3-11-17-14(12-15(17)16(18)19)10-9-13-7-5-4-6-8-13/h4-8,14-15H,2-3,9-12H2,1H3,(H,18,19)/t14-,15-/m0/s1. The van der Waals surface area contributed by atoms with Gasteiger partial charge in [-0.1, -0.05) is 43.7 Å². The molecule has 1 aromatic carbocycles. The Labute approximate surface area is 115 Å². The van der Waals surface area contributed by atoms with Crippen LogP contribution in [-0.2, 0) is 11.2 Å². The van der Waals surface area contributed by atoms with Gasteiger partial charge in [0.05, 0.1) is 0 Å². The van der Waals surface area contributed by atoms with Crippen molar-refractivity contribution < 1.29 is 9.90 Å². The molecule has 1 heterocycles. The normalized spacial score (nSPS) is 23.0. The number of benzene rings is 1. The second-order valence-corrected chi connectivity index (χ2v) is 5.36. The van der Waals surface area contributed by atoms with Crippen molar-refractivity contribution in [3.63, 3.8) is 0 Å². The van der Waals surface area contributed by atoms with Crippen LogP contribution >= 0.6 is 0 Å². The molecule has 19 heavy (non-hydrogen) atoms. The van der Waals surface area contributed by atoms with E-state index in [1.165, 1.54) is 5.56 Å². The van der Waals surface area contributed by atoms with E-state index in [1.54, 1.807) is 0 Å². The predicted octanol–water partition coefficient (Wildman–Crippen LogP) is 2.95. The van der Waals surface area contributed by atoms with Gasteiger partial charge >= 0.3 is 5.97 Å². The summed E-state index contributed by atoms with van der Waals surface area (Å²) in [6.07, 6.45) is 5.13. The van der Waals surface area contributed by atoms with E-state index in [2.05, 4.69) is 36.1 Å². The summed E-state index contributed by atoms with van der Waals surface area (Å²) in [5.74, 6) is -0.660. The molecule has 0 radical (unpaired) electrons. The van der Waals surface area contributed by atoms with E-state index in [4.69, 9.17) is 5.11 Å². The fourth-order valence-corrected chi connectivity index (χ4v) is 2.83. The lowest BCUT2D eigenvalue weighted by Crippen LogP contribution is -2.59. The Hall–Kier alpha value is -1.35. The minimum Gasteiger partial charge on any atom is -0.480 e. The number of aliphatic carboxylic acids is 1. The quantitative estimate of drug-likeness (QED) is 0.820. The summed E-state index contributed by atoms with van der Waals surface area (Å²) < 4.78 is 0. The van der Waals surface area contributed by atoms with Gasteiger partial charge in [0.2, 0.25) is 0 Å². The number of carbonyl (C=O) groups is 1. The van der Waals surface area contributed by atoms with Crippen LogP contribution in [0.15, 0.2) is 30.3 Å². The summed E-state index contributed by atoms with van der Waals surface area (Å²) in [7, 11) is 0. The maximum Gasteiger partial charge on any atom is 0.320 e. The van der Waals surface area contributed by atoms with E-state index in [0.29, 0.717) is 6.04 Å². The average Bonchev–Trinajstić information content (AvgIpc) is 2.38. The summed E-state index contributed by atoms with van der Waals surface area (Å²) >= 11 is 0. The highest BCUT2D eigenvalue weighted by molar-refractivity contribution is 5.74. The maximum atomic E-state index is 11.1. The van der Waals surface area contributed by atoms with Crippen molar-refractivity contribution >= 4 is 5.97 Å². The second-order valence-electron chi connectivity index (χ2n) is 5.36. The summed E-state index contributed by atoms with van der Waals surface area (Å²) in [6, 6.07) is 10.6. The van der Waals surface area contributed by atoms with E-state index in [-0.39, 0.29) is 6.04 Å². The van der Waals surface area contributed by atoms with Crippen LogP contribution in [0.25, 0.3) is 0 Å². The average molecular weight is 261 g/mol. The van der Waals surface area contributed by atoms with E-state index < -0.39 is 5.97 Å². The number of hydrogen-bond acceptors (Lipinski definition) is 2. The molecule has 0 amide bonds. The molecule has 0 aliphatic carbocycles. The number of nitrogens with zero attached hydrogens (tertiary/aromatic N) is 1. The smallest absolute Gasteiger partial charge is 0.320 e. The Morgan fingerprint density at radius 2 is 2.11 bits per heavy atom. The third-order valence-electron chi connectivity index (χ3n) is 4.03. The van der Waals surface area contributed by atoms with Crippen LogP contribution in [0.4, 0.5) is 0 Å². The number of unbranched alkanes of at least 4 members (excludes halogenated alkanes) is 1. The minimum absolute atomic E-state index is 0.243. The van der Waals surface area contributed by atoms with Crippen LogP contribution in [0, 0.1) is 0 Å². The topological polar surface area (TPSA) is 40.5 Å². The van der Waals surface area contributed by atoms with Gasteiger partial charge in [0, 0.05) is 6.04 Å². The molecule has 0 unspecified atom stereocenters. The fourth-order valence-electron chi connectivity index (χ4n) is 2.83. The lowest BCUT2D eigenvalue weighted by Gasteiger charge is -2.46. The number of rotatable bonds is 7. The Bertz CT molecular complexity index is 404. The Balaban J connectivity index is 1.84. The van der Waals surface area contributed by atoms with Crippen LogP contribution in [0.1, 0.15) is 38.2 Å². The fraction of sp³-hybridized carbons (Fsp3) is 0.562. The highest BCUT2D eigenvalue weighted by Gasteiger charge is 2.41. The number of carboxylic acid groups (broad SMARTS) is 1. The molecule has 1 saturated heterocycles. The minimum atomic E-state index is -0.660. The first-order valence-electron chi connectivity index (χ1n) is 7.25. The number of likely N-dealkylation sites (tertiary alicyclic amines) is 1. The van der Waals surface area contributed by atoms with Crippen molar-refractivity contribution in [1.82, 2.24) is 4.90 Å². The summed E-state index contributed by atoms with van der Waals surface area (Å²) in [4.78, 5) is 13.3. The first-order valence-corrected chi connectivity index (χ1v) is 7.25. The Morgan fingerprint density at radius 3 is 2.74 bits per heavy atom. The third kappa shape index (κ3) is 3.57. The van der Waals surface area contributed by atoms with Crippen LogP contribution < -0.4 is 0 Å². The van der Waals surface area contributed by atoms with Gasteiger partial charge in [0.15, 0.2) is 0 Å². The molecule has 2 rings (SSSR count). The molecular weight excluding hydrogens is 238 g/mol. The second kappa shape index (κ2) is 6.71. The zero-order chi connectivity index (χ0) is 13.7. The Kier molecular flexibility index (Phi) is 4.97. The molecule has 3 heteroatoms. The summed E-state index contributed by atoms with van der Waals surface area (Å²) in [5.41, 5.74) is 1.34. The molecule has 0 spiro atoms. The maximum absolute atomic E-state index is 11.1. The summed E-state index contributed by atoms with van der Waals surface area (Å²) in [5, 5.41) is 9.16. The molecule has 1 fully saturated rings. The van der Waals surface area contributed by atoms with Gasteiger partial charge < -0.3 is 5.11 Å². The molecule has 0 bridgehead atoms. The molecular formula is C16H23NO2. The highest BCUT2D eigenvalue weighted by Crippen LogP contribution is 2.29. The van der Waals surface area contributed by atoms with Gasteiger partial charge in [-0.15, -0.1) is 0 Å². The van der Waals surface area contributed by atoms with E-state index in [9.17, 15) is 4.79 Å². The lowest BCUT2D eigenvalue weighted by atomic mass is 9.88. The molecule has 1 aliphatic rings. The number of carboxylic acids is 1. The Morgan fingerprint density at radius 1 is 1.37 bits per heavy atom. The van der Waals surface area contributed by atoms with Crippen LogP contribution in [-0.4, -0.2) is 34.6 Å². The number of aryl methyl sites for hydroxylation is 1. The van der Waals surface area contributed by atoms with Gasteiger partial charge in [0.1, 0.15) is 6.04 Å². The number of hydrogen-bond donors (Lipinski definition) is 1. The SMILES string of the molecule is CCCCN1[C@@H](CCc2ccccc2)C[C@H]1C(=O)O. The van der Waals surface area contributed by atoms with Gasteiger partial charge in [0.25, 0.3) is 0 Å². The molecule has 3 nitrogen and oxygen atoms in total. The van der Waals surface area contributed by atoms with Crippen molar-refractivity contribution in [2.75, 3.05) is 6.54 Å². The van der Waals surface area contributed by atoms with Gasteiger partial charge in [-0.05, 0) is 37.8 Å². The van der Waals surface area contributed by atoms with Crippen molar-refractivity contribution in [2.45, 2.75) is 51.1 Å². The van der Waals surface area contributed by atoms with Crippen molar-refractivity contribution in [2.24, 2.45) is 0 Å². The zero-order valence-corrected chi connectivity index (χ0v) is 11.6. The van der Waals surface area contributed by atoms with Gasteiger partial charge in [-0.2, -0.15) is 0 Å². The zero-order valence-electron chi connectivity index (χ0n) is 11.6. The van der Waals surface area contributed by atoms with Gasteiger partial charge in [-0.3, -0.25) is 9.69 Å². The monoisotopic (exact) mass is 261 g/mol. The highest BCUT2D eigenvalue weighted by atomic mass is 16.4. The first-order chi connectivity index (χ1) is 9.22. The van der Waals surface area contributed by atoms with E-state index >= 15 is 0 Å². The predicted molar refractivity (Wildman–Crippen MR) is 76.2 cm³/mol. The third-order valence-corrected chi connectivity index (χ3v) is 4.03. The van der Waals surface area contributed by atoms with Crippen molar-refractivity contribution in [1.29, 1.82) is 0 Å². The van der Waals surface area contributed by atoms with E-state index in [1.807, 2.05) is 6.07 Å². The van der Waals surface area contributed by atoms with Crippen molar-refractivity contribution in [3.8, 4) is 0 Å². The van der Waals surface area contributed by atoms with E-state index in [0.717, 1.165) is 38.6 Å². The van der Waals surface area contributed by atoms with Gasteiger partial charge in [-0.25, -0.2) is 0 Å².